The molecule has 8 heteroatoms. The van der Waals surface area contributed by atoms with Crippen LogP contribution in [0.1, 0.15) is 23.2 Å². The number of nitro groups is 1. The summed E-state index contributed by atoms with van der Waals surface area (Å²) in [5, 5.41) is 19.2. The zero-order chi connectivity index (χ0) is 12.3. The van der Waals surface area contributed by atoms with Gasteiger partial charge in [0.25, 0.3) is 6.43 Å². The van der Waals surface area contributed by atoms with Crippen molar-refractivity contribution in [1.82, 2.24) is 4.98 Å². The molecule has 84 valence electrons. The summed E-state index contributed by atoms with van der Waals surface area (Å²) >= 11 is 0. The second-order valence-electron chi connectivity index (χ2n) is 2.77. The van der Waals surface area contributed by atoms with Gasteiger partial charge in [0, 0.05) is 12.7 Å². The Kier molecular flexibility index (Phi) is 3.42. The van der Waals surface area contributed by atoms with Gasteiger partial charge in [-0.2, -0.15) is 5.26 Å². The summed E-state index contributed by atoms with van der Waals surface area (Å²) < 4.78 is 25.3. The molecule has 0 radical (unpaired) electrons. The van der Waals surface area contributed by atoms with E-state index in [0.29, 0.717) is 0 Å². The largest absolute Gasteiger partial charge is 0.326 e. The Morgan fingerprint density at radius 3 is 2.69 bits per heavy atom. The van der Waals surface area contributed by atoms with Crippen LogP contribution in [0.4, 0.5) is 14.5 Å². The number of hydrogen-bond acceptors (Lipinski definition) is 5. The van der Waals surface area contributed by atoms with Crippen molar-refractivity contribution in [1.29, 1.82) is 5.26 Å². The molecule has 0 saturated carbocycles. The maximum atomic E-state index is 12.7. The van der Waals surface area contributed by atoms with Crippen LogP contribution >= 0.6 is 0 Å². The summed E-state index contributed by atoms with van der Waals surface area (Å²) in [5.74, 6) is 0. The van der Waals surface area contributed by atoms with Crippen molar-refractivity contribution < 1.29 is 13.7 Å². The molecule has 1 aromatic heterocycles. The van der Waals surface area contributed by atoms with Crippen LogP contribution in [0.25, 0.3) is 0 Å². The first kappa shape index (κ1) is 11.9. The molecule has 1 rings (SSSR count). The molecule has 0 fully saturated rings. The molecule has 0 saturated heterocycles. The van der Waals surface area contributed by atoms with E-state index in [1.54, 1.807) is 0 Å². The smallest absolute Gasteiger partial charge is 0.314 e. The Morgan fingerprint density at radius 1 is 1.69 bits per heavy atom. The van der Waals surface area contributed by atoms with E-state index in [0.717, 1.165) is 6.20 Å². The molecule has 0 unspecified atom stereocenters. The standard InChI is InChI=1S/C8H6F2N4O2/c9-8(10)6-4(1-11)3-13-5(2-12)7(6)14(15)16/h3,8H,1,11H2. The van der Waals surface area contributed by atoms with Gasteiger partial charge in [0.2, 0.25) is 5.69 Å². The monoisotopic (exact) mass is 228 g/mol. The molecule has 0 spiro atoms. The average Bonchev–Trinajstić information content (AvgIpc) is 2.26. The van der Waals surface area contributed by atoms with Crippen LogP contribution in [0, 0.1) is 21.4 Å². The van der Waals surface area contributed by atoms with E-state index in [1.807, 2.05) is 0 Å². The predicted octanol–water partition coefficient (Wildman–Crippen LogP) is 1.26. The lowest BCUT2D eigenvalue weighted by atomic mass is 10.1. The average molecular weight is 228 g/mol. The van der Waals surface area contributed by atoms with E-state index in [-0.39, 0.29) is 12.1 Å². The van der Waals surface area contributed by atoms with E-state index in [2.05, 4.69) is 4.98 Å². The minimum absolute atomic E-state index is 0.138. The highest BCUT2D eigenvalue weighted by molar-refractivity contribution is 5.53. The predicted molar refractivity (Wildman–Crippen MR) is 48.5 cm³/mol. The van der Waals surface area contributed by atoms with Crippen molar-refractivity contribution in [2.24, 2.45) is 5.73 Å². The van der Waals surface area contributed by atoms with Gasteiger partial charge in [-0.15, -0.1) is 0 Å². The Morgan fingerprint density at radius 2 is 2.31 bits per heavy atom. The Bertz CT molecular complexity index is 470. The van der Waals surface area contributed by atoms with Crippen LogP contribution in [-0.4, -0.2) is 9.91 Å². The second kappa shape index (κ2) is 4.59. The number of rotatable bonds is 3. The molecule has 1 heterocycles. The van der Waals surface area contributed by atoms with Gasteiger partial charge in [-0.05, 0) is 5.56 Å². The van der Waals surface area contributed by atoms with Crippen molar-refractivity contribution in [2.75, 3.05) is 0 Å². The van der Waals surface area contributed by atoms with Gasteiger partial charge in [0.05, 0.1) is 4.92 Å². The molecule has 1 aromatic rings. The zero-order valence-corrected chi connectivity index (χ0v) is 7.85. The van der Waals surface area contributed by atoms with E-state index < -0.39 is 28.3 Å². The van der Waals surface area contributed by atoms with Gasteiger partial charge >= 0.3 is 5.69 Å². The lowest BCUT2D eigenvalue weighted by molar-refractivity contribution is -0.386. The van der Waals surface area contributed by atoms with Crippen LogP contribution < -0.4 is 5.73 Å². The molecular formula is C8H6F2N4O2. The molecule has 0 aliphatic carbocycles. The lowest BCUT2D eigenvalue weighted by Crippen LogP contribution is -2.09. The summed E-state index contributed by atoms with van der Waals surface area (Å²) in [6, 6.07) is 1.40. The molecular weight excluding hydrogens is 222 g/mol. The van der Waals surface area contributed by atoms with Crippen LogP contribution in [0.15, 0.2) is 6.20 Å². The van der Waals surface area contributed by atoms with Gasteiger partial charge < -0.3 is 5.73 Å². The van der Waals surface area contributed by atoms with Crippen LogP contribution in [0.2, 0.25) is 0 Å². The highest BCUT2D eigenvalue weighted by Gasteiger charge is 2.29. The normalized spacial score (nSPS) is 10.2. The van der Waals surface area contributed by atoms with Gasteiger partial charge in [-0.25, -0.2) is 13.8 Å². The topological polar surface area (TPSA) is 106 Å². The number of hydrogen-bond donors (Lipinski definition) is 1. The van der Waals surface area contributed by atoms with Gasteiger partial charge in [-0.3, -0.25) is 10.1 Å². The van der Waals surface area contributed by atoms with Crippen molar-refractivity contribution in [3.05, 3.63) is 33.1 Å². The van der Waals surface area contributed by atoms with E-state index in [4.69, 9.17) is 11.0 Å². The summed E-state index contributed by atoms with van der Waals surface area (Å²) in [4.78, 5) is 13.0. The number of alkyl halides is 2. The lowest BCUT2D eigenvalue weighted by Gasteiger charge is -2.07. The minimum Gasteiger partial charge on any atom is -0.326 e. The first-order valence-electron chi connectivity index (χ1n) is 4.07. The molecule has 16 heavy (non-hydrogen) atoms. The molecule has 0 amide bonds. The van der Waals surface area contributed by atoms with E-state index in [9.17, 15) is 18.9 Å². The quantitative estimate of drug-likeness (QED) is 0.619. The zero-order valence-electron chi connectivity index (χ0n) is 7.85. The summed E-state index contributed by atoms with van der Waals surface area (Å²) in [6.45, 7) is -0.306. The van der Waals surface area contributed by atoms with E-state index in [1.165, 1.54) is 6.07 Å². The van der Waals surface area contributed by atoms with Crippen LogP contribution in [0.3, 0.4) is 0 Å². The maximum Gasteiger partial charge on any atom is 0.314 e. The molecule has 0 aliphatic heterocycles. The summed E-state index contributed by atoms with van der Waals surface area (Å²) in [6.07, 6.45) is -2.12. The second-order valence-corrected chi connectivity index (χ2v) is 2.77. The van der Waals surface area contributed by atoms with Crippen molar-refractivity contribution in [3.8, 4) is 6.07 Å². The Labute approximate surface area is 88.5 Å². The first-order chi connectivity index (χ1) is 7.52. The van der Waals surface area contributed by atoms with Crippen molar-refractivity contribution in [3.63, 3.8) is 0 Å². The molecule has 6 nitrogen and oxygen atoms in total. The number of halogens is 2. The fourth-order valence-electron chi connectivity index (χ4n) is 1.23. The maximum absolute atomic E-state index is 12.7. The highest BCUT2D eigenvalue weighted by atomic mass is 19.3. The molecule has 0 bridgehead atoms. The van der Waals surface area contributed by atoms with Gasteiger partial charge in [0.15, 0.2) is 0 Å². The third-order valence-corrected chi connectivity index (χ3v) is 1.90. The fourth-order valence-corrected chi connectivity index (χ4v) is 1.23. The first-order valence-corrected chi connectivity index (χ1v) is 4.07. The Hall–Kier alpha value is -2.14. The fraction of sp³-hybridized carbons (Fsp3) is 0.250. The SMILES string of the molecule is N#Cc1ncc(CN)c(C(F)F)c1[N+](=O)[O-]. The third kappa shape index (κ3) is 1.94. The molecule has 0 aromatic carbocycles. The number of aromatic nitrogens is 1. The number of nitrogens with two attached hydrogens (primary N) is 1. The van der Waals surface area contributed by atoms with Gasteiger partial charge in [0.1, 0.15) is 11.6 Å². The van der Waals surface area contributed by atoms with E-state index >= 15 is 0 Å². The summed E-state index contributed by atoms with van der Waals surface area (Å²) in [7, 11) is 0. The van der Waals surface area contributed by atoms with Gasteiger partial charge in [-0.1, -0.05) is 0 Å². The minimum atomic E-state index is -3.07. The summed E-state index contributed by atoms with van der Waals surface area (Å²) in [5.41, 5.74) is 2.58. The number of nitriles is 1. The van der Waals surface area contributed by atoms with Crippen LogP contribution in [0.5, 0.6) is 0 Å². The molecule has 0 atom stereocenters. The molecule has 0 aliphatic rings. The number of nitrogens with zero attached hydrogens (tertiary/aromatic N) is 3. The molecule has 2 N–H and O–H groups in total. The number of pyridine rings is 1. The highest BCUT2D eigenvalue weighted by Crippen LogP contribution is 2.33. The van der Waals surface area contributed by atoms with Crippen LogP contribution in [-0.2, 0) is 6.54 Å². The van der Waals surface area contributed by atoms with Crippen molar-refractivity contribution in [2.45, 2.75) is 13.0 Å². The van der Waals surface area contributed by atoms with Crippen molar-refractivity contribution >= 4 is 5.69 Å². The Balaban J connectivity index is 3.61. The third-order valence-electron chi connectivity index (χ3n) is 1.90.